The lowest BCUT2D eigenvalue weighted by atomic mass is 9.92. The predicted molar refractivity (Wildman–Crippen MR) is 76.3 cm³/mol. The Morgan fingerprint density at radius 3 is 2.52 bits per heavy atom. The van der Waals surface area contributed by atoms with Gasteiger partial charge in [-0.15, -0.1) is 0 Å². The molecule has 2 aromatic carbocycles. The van der Waals surface area contributed by atoms with Gasteiger partial charge in [-0.3, -0.25) is 14.9 Å². The molecule has 2 aromatic rings. The van der Waals surface area contributed by atoms with E-state index >= 15 is 0 Å². The van der Waals surface area contributed by atoms with Crippen LogP contribution in [0.2, 0.25) is 0 Å². The van der Waals surface area contributed by atoms with Gasteiger partial charge in [-0.05, 0) is 23.3 Å². The molecule has 0 saturated heterocycles. The number of carbonyl (C=O) groups is 1. The van der Waals surface area contributed by atoms with E-state index < -0.39 is 23.0 Å². The summed E-state index contributed by atoms with van der Waals surface area (Å²) in [5.74, 6) is -0.764. The minimum absolute atomic E-state index is 0.241. The molecular weight excluding hydrogens is 272 g/mol. The molecule has 0 aromatic heterocycles. The van der Waals surface area contributed by atoms with Crippen LogP contribution in [0.1, 0.15) is 5.56 Å². The van der Waals surface area contributed by atoms with E-state index in [1.54, 1.807) is 18.2 Å². The van der Waals surface area contributed by atoms with Crippen LogP contribution in [-0.4, -0.2) is 22.5 Å². The molecule has 0 fully saturated rings. The maximum Gasteiger partial charge on any atom is 0.268 e. The third-order valence-electron chi connectivity index (χ3n) is 3.55. The lowest BCUT2D eigenvalue weighted by molar-refractivity contribution is -0.498. The number of hydrogen-bond donors (Lipinski definition) is 2. The highest BCUT2D eigenvalue weighted by Gasteiger charge is 2.49. The van der Waals surface area contributed by atoms with Crippen molar-refractivity contribution in [1.29, 1.82) is 0 Å². The number of anilines is 1. The van der Waals surface area contributed by atoms with Crippen molar-refractivity contribution in [3.05, 3.63) is 64.2 Å². The van der Waals surface area contributed by atoms with E-state index in [0.29, 0.717) is 5.69 Å². The topological polar surface area (TPSA) is 92.5 Å². The van der Waals surface area contributed by atoms with Crippen molar-refractivity contribution >= 4 is 11.6 Å². The first-order chi connectivity index (χ1) is 10.0. The number of aliphatic hydroxyl groups is 1. The molecule has 0 unspecified atom stereocenters. The molecule has 1 amide bonds. The van der Waals surface area contributed by atoms with Crippen LogP contribution in [0, 0.1) is 10.1 Å². The van der Waals surface area contributed by atoms with Gasteiger partial charge in [0.1, 0.15) is 0 Å². The van der Waals surface area contributed by atoms with Crippen LogP contribution in [0.3, 0.4) is 0 Å². The predicted octanol–water partition coefficient (Wildman–Crippen LogP) is 1.77. The maximum absolute atomic E-state index is 11.9. The zero-order valence-corrected chi connectivity index (χ0v) is 10.9. The number of rotatable bonds is 3. The second-order valence-corrected chi connectivity index (χ2v) is 4.93. The van der Waals surface area contributed by atoms with Crippen molar-refractivity contribution in [3.63, 3.8) is 0 Å². The van der Waals surface area contributed by atoms with Crippen LogP contribution in [0.4, 0.5) is 5.69 Å². The molecule has 3 rings (SSSR count). The van der Waals surface area contributed by atoms with Crippen LogP contribution in [-0.2, 0) is 10.4 Å². The van der Waals surface area contributed by atoms with E-state index in [9.17, 15) is 20.0 Å². The fourth-order valence-corrected chi connectivity index (χ4v) is 2.50. The molecule has 1 aliphatic heterocycles. The van der Waals surface area contributed by atoms with Gasteiger partial charge >= 0.3 is 0 Å². The number of fused-ring (bicyclic) bond motifs is 1. The van der Waals surface area contributed by atoms with E-state index in [1.165, 1.54) is 0 Å². The molecule has 1 aliphatic rings. The summed E-state index contributed by atoms with van der Waals surface area (Å²) >= 11 is 0. The first-order valence-corrected chi connectivity index (χ1v) is 6.36. The standard InChI is InChI=1S/C15H12N2O4/c18-14-15(19,9-17(20)21)12-8-11(6-7-13(12)16-14)10-4-2-1-3-5-10/h1-8,19H,9H2,(H,16,18)/t15-/m0/s1. The van der Waals surface area contributed by atoms with Crippen LogP contribution in [0.25, 0.3) is 11.1 Å². The summed E-state index contributed by atoms with van der Waals surface area (Å²) < 4.78 is 0. The van der Waals surface area contributed by atoms with Gasteiger partial charge in [-0.1, -0.05) is 36.4 Å². The third-order valence-corrected chi connectivity index (χ3v) is 3.55. The first kappa shape index (κ1) is 13.3. The molecule has 1 atom stereocenters. The first-order valence-electron chi connectivity index (χ1n) is 6.36. The number of nitro groups is 1. The van der Waals surface area contributed by atoms with Gasteiger partial charge in [0, 0.05) is 16.2 Å². The minimum atomic E-state index is -2.12. The van der Waals surface area contributed by atoms with Crippen LogP contribution < -0.4 is 5.32 Å². The molecule has 0 bridgehead atoms. The highest BCUT2D eigenvalue weighted by molar-refractivity contribution is 6.05. The largest absolute Gasteiger partial charge is 0.370 e. The number of amides is 1. The lowest BCUT2D eigenvalue weighted by Crippen LogP contribution is -2.40. The van der Waals surface area contributed by atoms with Gasteiger partial charge in [0.15, 0.2) is 0 Å². The average molecular weight is 284 g/mol. The number of nitrogens with one attached hydrogen (secondary N) is 1. The summed E-state index contributed by atoms with van der Waals surface area (Å²) in [6.07, 6.45) is 0. The molecule has 0 saturated carbocycles. The van der Waals surface area contributed by atoms with Crippen molar-refractivity contribution < 1.29 is 14.8 Å². The molecule has 1 heterocycles. The molecule has 0 spiro atoms. The average Bonchev–Trinajstić information content (AvgIpc) is 2.70. The minimum Gasteiger partial charge on any atom is -0.370 e. The second kappa shape index (κ2) is 4.68. The normalized spacial score (nSPS) is 20.0. The van der Waals surface area contributed by atoms with Gasteiger partial charge in [0.25, 0.3) is 5.91 Å². The van der Waals surface area contributed by atoms with E-state index in [0.717, 1.165) is 11.1 Å². The number of benzene rings is 2. The fourth-order valence-electron chi connectivity index (χ4n) is 2.50. The van der Waals surface area contributed by atoms with Gasteiger partial charge in [0.2, 0.25) is 12.1 Å². The van der Waals surface area contributed by atoms with Gasteiger partial charge in [-0.2, -0.15) is 0 Å². The molecule has 106 valence electrons. The maximum atomic E-state index is 11.9. The summed E-state index contributed by atoms with van der Waals surface area (Å²) in [6, 6.07) is 14.5. The second-order valence-electron chi connectivity index (χ2n) is 4.93. The Morgan fingerprint density at radius 1 is 1.14 bits per heavy atom. The SMILES string of the molecule is O=C1Nc2ccc(-c3ccccc3)cc2[C@@]1(O)C[N+](=O)[O-]. The monoisotopic (exact) mass is 284 g/mol. The van der Waals surface area contributed by atoms with Crippen molar-refractivity contribution in [3.8, 4) is 11.1 Å². The summed E-state index contributed by atoms with van der Waals surface area (Å²) in [6.45, 7) is -0.857. The Bertz CT molecular complexity index is 730. The van der Waals surface area contributed by atoms with Crippen LogP contribution in [0.5, 0.6) is 0 Å². The molecule has 21 heavy (non-hydrogen) atoms. The Morgan fingerprint density at radius 2 is 1.86 bits per heavy atom. The van der Waals surface area contributed by atoms with Crippen molar-refractivity contribution in [2.45, 2.75) is 5.60 Å². The Kier molecular flexibility index (Phi) is 2.95. The van der Waals surface area contributed by atoms with Crippen molar-refractivity contribution in [1.82, 2.24) is 0 Å². The molecule has 6 nitrogen and oxygen atoms in total. The van der Waals surface area contributed by atoms with E-state index in [4.69, 9.17) is 0 Å². The fraction of sp³-hybridized carbons (Fsp3) is 0.133. The highest BCUT2D eigenvalue weighted by atomic mass is 16.6. The molecular formula is C15H12N2O4. The van der Waals surface area contributed by atoms with E-state index in [2.05, 4.69) is 5.32 Å². The summed E-state index contributed by atoms with van der Waals surface area (Å²) in [7, 11) is 0. The van der Waals surface area contributed by atoms with Gasteiger partial charge in [-0.25, -0.2) is 0 Å². The van der Waals surface area contributed by atoms with Crippen LogP contribution in [0.15, 0.2) is 48.5 Å². The van der Waals surface area contributed by atoms with E-state index in [1.807, 2.05) is 30.3 Å². The smallest absolute Gasteiger partial charge is 0.268 e. The number of hydrogen-bond acceptors (Lipinski definition) is 4. The molecule has 0 radical (unpaired) electrons. The Labute approximate surface area is 120 Å². The molecule has 0 aliphatic carbocycles. The van der Waals surface area contributed by atoms with Gasteiger partial charge in [0.05, 0.1) is 0 Å². The molecule has 2 N–H and O–H groups in total. The van der Waals surface area contributed by atoms with Crippen molar-refractivity contribution in [2.24, 2.45) is 0 Å². The molecule has 6 heteroatoms. The summed E-state index contributed by atoms with van der Waals surface area (Å²) in [5, 5.41) is 23.6. The zero-order valence-electron chi connectivity index (χ0n) is 10.9. The Hall–Kier alpha value is -2.73. The number of nitrogens with zero attached hydrogens (tertiary/aromatic N) is 1. The summed E-state index contributed by atoms with van der Waals surface area (Å²) in [4.78, 5) is 21.9. The summed E-state index contributed by atoms with van der Waals surface area (Å²) in [5.41, 5.74) is 0.217. The van der Waals surface area contributed by atoms with Crippen molar-refractivity contribution in [2.75, 3.05) is 11.9 Å². The quantitative estimate of drug-likeness (QED) is 0.663. The number of carbonyl (C=O) groups excluding carboxylic acids is 1. The highest BCUT2D eigenvalue weighted by Crippen LogP contribution is 2.38. The zero-order chi connectivity index (χ0) is 15.0. The third kappa shape index (κ3) is 2.15. The Balaban J connectivity index is 2.10. The van der Waals surface area contributed by atoms with Crippen LogP contribution >= 0.6 is 0 Å². The van der Waals surface area contributed by atoms with Gasteiger partial charge < -0.3 is 10.4 Å². The lowest BCUT2D eigenvalue weighted by Gasteiger charge is -2.16. The van der Waals surface area contributed by atoms with E-state index in [-0.39, 0.29) is 5.56 Å².